The van der Waals surface area contributed by atoms with E-state index in [9.17, 15) is 9.18 Å². The van der Waals surface area contributed by atoms with Gasteiger partial charge < -0.3 is 24.7 Å². The number of oxazole rings is 1. The second-order valence-electron chi connectivity index (χ2n) is 8.40. The Morgan fingerprint density at radius 3 is 2.44 bits per heavy atom. The third kappa shape index (κ3) is 5.49. The maximum atomic E-state index is 13.1. The summed E-state index contributed by atoms with van der Waals surface area (Å²) in [6.07, 6.45) is 1.17. The van der Waals surface area contributed by atoms with E-state index < -0.39 is 0 Å². The minimum atomic E-state index is -0.271. The predicted molar refractivity (Wildman–Crippen MR) is 134 cm³/mol. The van der Waals surface area contributed by atoms with Crippen LogP contribution in [0.3, 0.4) is 0 Å². The summed E-state index contributed by atoms with van der Waals surface area (Å²) in [5.41, 5.74) is 7.77. The Labute approximate surface area is 211 Å². The van der Waals surface area contributed by atoms with E-state index in [4.69, 9.17) is 26.5 Å². The van der Waals surface area contributed by atoms with Gasteiger partial charge in [-0.05, 0) is 48.4 Å². The van der Waals surface area contributed by atoms with Crippen LogP contribution in [0.15, 0.2) is 52.9 Å². The van der Waals surface area contributed by atoms with Crippen molar-refractivity contribution in [2.75, 3.05) is 43.4 Å². The normalized spacial score (nSPS) is 13.8. The number of carbonyl (C=O) groups excluding carboxylic acids is 1. The van der Waals surface area contributed by atoms with Crippen molar-refractivity contribution in [2.24, 2.45) is 0 Å². The van der Waals surface area contributed by atoms with Crippen LogP contribution in [0.5, 0.6) is 5.75 Å². The summed E-state index contributed by atoms with van der Waals surface area (Å²) in [5.74, 6) is 1.40. The first-order chi connectivity index (χ1) is 17.4. The van der Waals surface area contributed by atoms with Crippen molar-refractivity contribution in [1.82, 2.24) is 19.9 Å². The zero-order chi connectivity index (χ0) is 25.1. The van der Waals surface area contributed by atoms with Crippen molar-refractivity contribution >= 4 is 40.5 Å². The van der Waals surface area contributed by atoms with E-state index >= 15 is 0 Å². The van der Waals surface area contributed by atoms with Crippen molar-refractivity contribution in [1.29, 1.82) is 0 Å². The van der Waals surface area contributed by atoms with Crippen LogP contribution in [0.1, 0.15) is 11.5 Å². The van der Waals surface area contributed by atoms with Crippen LogP contribution in [-0.4, -0.2) is 58.5 Å². The zero-order valence-corrected chi connectivity index (χ0v) is 20.1. The number of nitrogen functional groups attached to an aromatic ring is 1. The molecule has 1 fully saturated rings. The summed E-state index contributed by atoms with van der Waals surface area (Å²) in [7, 11) is 0. The van der Waals surface area contributed by atoms with Crippen molar-refractivity contribution in [2.45, 2.75) is 12.8 Å². The molecule has 9 nitrogen and oxygen atoms in total. The number of aromatic nitrogens is 3. The van der Waals surface area contributed by atoms with Crippen molar-refractivity contribution in [3.8, 4) is 5.75 Å². The largest absolute Gasteiger partial charge is 0.484 e. The highest BCUT2D eigenvalue weighted by Crippen LogP contribution is 2.26. The molecule has 2 aromatic heterocycles. The first-order valence-electron chi connectivity index (χ1n) is 11.5. The van der Waals surface area contributed by atoms with Gasteiger partial charge in [0.2, 0.25) is 5.95 Å². The molecule has 0 radical (unpaired) electrons. The van der Waals surface area contributed by atoms with Crippen LogP contribution in [0, 0.1) is 5.82 Å². The molecule has 2 N–H and O–H groups in total. The smallest absolute Gasteiger partial charge is 0.260 e. The summed E-state index contributed by atoms with van der Waals surface area (Å²) in [5, 5.41) is 0.608. The molecule has 0 aliphatic carbocycles. The van der Waals surface area contributed by atoms with Gasteiger partial charge in [0.05, 0.1) is 0 Å². The molecule has 0 bridgehead atoms. The number of amides is 1. The molecule has 1 saturated heterocycles. The monoisotopic (exact) mass is 510 g/mol. The summed E-state index contributed by atoms with van der Waals surface area (Å²) < 4.78 is 24.6. The topological polar surface area (TPSA) is 111 Å². The van der Waals surface area contributed by atoms with Crippen LogP contribution < -0.4 is 15.4 Å². The molecule has 0 spiro atoms. The van der Waals surface area contributed by atoms with Gasteiger partial charge in [0.15, 0.2) is 23.8 Å². The average Bonchev–Trinajstić information content (AvgIpc) is 3.30. The number of nitrogens with two attached hydrogens (primary N) is 1. The lowest BCUT2D eigenvalue weighted by Crippen LogP contribution is -2.50. The number of carbonyl (C=O) groups is 1. The Morgan fingerprint density at radius 2 is 1.72 bits per heavy atom. The van der Waals surface area contributed by atoms with E-state index in [1.807, 2.05) is 4.90 Å². The van der Waals surface area contributed by atoms with Crippen molar-refractivity contribution < 1.29 is 18.3 Å². The lowest BCUT2D eigenvalue weighted by Gasteiger charge is -2.35. The minimum absolute atomic E-state index is 0.0486. The van der Waals surface area contributed by atoms with Gasteiger partial charge in [-0.2, -0.15) is 9.97 Å². The van der Waals surface area contributed by atoms with Crippen molar-refractivity contribution in [3.63, 3.8) is 0 Å². The molecule has 5 rings (SSSR count). The van der Waals surface area contributed by atoms with Gasteiger partial charge in [-0.15, -0.1) is 0 Å². The molecule has 0 atom stereocenters. The fourth-order valence-electron chi connectivity index (χ4n) is 4.03. The van der Waals surface area contributed by atoms with Crippen LogP contribution in [0.2, 0.25) is 5.02 Å². The molecule has 0 saturated carbocycles. The second kappa shape index (κ2) is 10.4. The average molecular weight is 511 g/mol. The quantitative estimate of drug-likeness (QED) is 0.402. The number of benzene rings is 2. The predicted octanol–water partition coefficient (Wildman–Crippen LogP) is 3.51. The van der Waals surface area contributed by atoms with Gasteiger partial charge in [-0.1, -0.05) is 23.7 Å². The van der Waals surface area contributed by atoms with Gasteiger partial charge in [0.1, 0.15) is 11.6 Å². The Bertz CT molecular complexity index is 1350. The van der Waals surface area contributed by atoms with E-state index in [1.165, 1.54) is 12.1 Å². The lowest BCUT2D eigenvalue weighted by atomic mass is 10.1. The number of nitrogens with zero attached hydrogens (tertiary/aromatic N) is 5. The fraction of sp³-hybridized carbons (Fsp3) is 0.280. The highest BCUT2D eigenvalue weighted by atomic mass is 35.5. The van der Waals surface area contributed by atoms with Crippen LogP contribution in [-0.2, 0) is 17.6 Å². The molecule has 11 heteroatoms. The Kier molecular flexibility index (Phi) is 6.86. The minimum Gasteiger partial charge on any atom is -0.484 e. The standard InChI is InChI=1S/C25H24ClFN6O3/c26-17-4-8-19(9-5-17)35-15-21(34)32-11-13-33(14-12-32)23-22-24(31-25(28)30-23)36-20(29-22)10-3-16-1-6-18(27)7-2-16/h1-2,4-9H,3,10-15H2,(H2,28,30,31). The third-order valence-electron chi connectivity index (χ3n) is 5.95. The summed E-state index contributed by atoms with van der Waals surface area (Å²) >= 11 is 5.88. The lowest BCUT2D eigenvalue weighted by molar-refractivity contribution is -0.133. The molecule has 4 aromatic rings. The maximum absolute atomic E-state index is 13.1. The number of ether oxygens (including phenoxy) is 1. The first-order valence-corrected chi connectivity index (χ1v) is 11.9. The number of halogens is 2. The molecular weight excluding hydrogens is 487 g/mol. The van der Waals surface area contributed by atoms with E-state index in [2.05, 4.69) is 15.0 Å². The summed E-state index contributed by atoms with van der Waals surface area (Å²) in [4.78, 5) is 29.6. The molecule has 2 aromatic carbocycles. The van der Waals surface area contributed by atoms with E-state index in [0.717, 1.165) is 5.56 Å². The molecule has 36 heavy (non-hydrogen) atoms. The van der Waals surface area contributed by atoms with Gasteiger partial charge in [-0.25, -0.2) is 9.37 Å². The van der Waals surface area contributed by atoms with E-state index in [-0.39, 0.29) is 24.3 Å². The number of piperazine rings is 1. The van der Waals surface area contributed by atoms with Crippen LogP contribution in [0.25, 0.3) is 11.2 Å². The van der Waals surface area contributed by atoms with Gasteiger partial charge in [-0.3, -0.25) is 4.79 Å². The molecule has 0 unspecified atom stereocenters. The van der Waals surface area contributed by atoms with Crippen molar-refractivity contribution in [3.05, 3.63) is 70.8 Å². The van der Waals surface area contributed by atoms with Crippen LogP contribution >= 0.6 is 11.6 Å². The van der Waals surface area contributed by atoms with Crippen LogP contribution in [0.4, 0.5) is 16.2 Å². The maximum Gasteiger partial charge on any atom is 0.260 e. The van der Waals surface area contributed by atoms with Gasteiger partial charge >= 0.3 is 0 Å². The Balaban J connectivity index is 1.22. The molecule has 1 aliphatic heterocycles. The summed E-state index contributed by atoms with van der Waals surface area (Å²) in [6.45, 7) is 2.06. The molecule has 1 amide bonds. The molecule has 3 heterocycles. The Hall–Kier alpha value is -3.92. The third-order valence-corrected chi connectivity index (χ3v) is 6.20. The number of anilines is 2. The summed E-state index contributed by atoms with van der Waals surface area (Å²) in [6, 6.07) is 13.2. The van der Waals surface area contributed by atoms with E-state index in [1.54, 1.807) is 41.3 Å². The highest BCUT2D eigenvalue weighted by Gasteiger charge is 2.25. The SMILES string of the molecule is Nc1nc(N2CCN(C(=O)COc3ccc(Cl)cc3)CC2)c2nc(CCc3ccc(F)cc3)oc2n1. The number of rotatable bonds is 7. The molecular formula is C25H24ClFN6O3. The van der Waals surface area contributed by atoms with E-state index in [0.29, 0.717) is 72.7 Å². The fourth-order valence-corrected chi connectivity index (χ4v) is 4.16. The number of hydrogen-bond acceptors (Lipinski definition) is 8. The highest BCUT2D eigenvalue weighted by molar-refractivity contribution is 6.30. The number of hydrogen-bond donors (Lipinski definition) is 1. The molecule has 1 aliphatic rings. The molecule has 186 valence electrons. The first kappa shape index (κ1) is 23.8. The number of aryl methyl sites for hydroxylation is 2. The Morgan fingerprint density at radius 1 is 1.00 bits per heavy atom. The van der Waals surface area contributed by atoms with Gasteiger partial charge in [0, 0.05) is 37.6 Å². The number of fused-ring (bicyclic) bond motifs is 1. The zero-order valence-electron chi connectivity index (χ0n) is 19.4. The second-order valence-corrected chi connectivity index (χ2v) is 8.84. The van der Waals surface area contributed by atoms with Gasteiger partial charge in [0.25, 0.3) is 11.6 Å².